The Bertz CT molecular complexity index is 490. The van der Waals surface area contributed by atoms with Crippen molar-refractivity contribution < 1.29 is 0 Å². The maximum Gasteiger partial charge on any atom is 0.114 e. The Kier molecular flexibility index (Phi) is 2.92. The molecule has 1 aromatic carbocycles. The summed E-state index contributed by atoms with van der Waals surface area (Å²) < 4.78 is 0.725. The first-order valence-electron chi connectivity index (χ1n) is 4.87. The summed E-state index contributed by atoms with van der Waals surface area (Å²) >= 11 is 5.07. The van der Waals surface area contributed by atoms with Crippen LogP contribution in [0.1, 0.15) is 24.2 Å². The number of aromatic amines is 1. The van der Waals surface area contributed by atoms with Crippen LogP contribution in [0, 0.1) is 4.64 Å². The quantitative estimate of drug-likeness (QED) is 0.780. The molecule has 0 saturated carbocycles. The summed E-state index contributed by atoms with van der Waals surface area (Å²) in [6.45, 7) is 2.11. The van der Waals surface area contributed by atoms with E-state index < -0.39 is 0 Å². The minimum Gasteiger partial charge on any atom is -0.334 e. The number of H-pyrrole nitrogens is 1. The molecule has 2 aromatic rings. The first-order valence-corrected chi connectivity index (χ1v) is 5.28. The fourth-order valence-corrected chi connectivity index (χ4v) is 1.67. The zero-order valence-electron chi connectivity index (χ0n) is 8.47. The molecule has 2 nitrogen and oxygen atoms in total. The Morgan fingerprint density at radius 2 is 1.93 bits per heavy atom. The summed E-state index contributed by atoms with van der Waals surface area (Å²) in [5.74, 6) is 1.16. The Labute approximate surface area is 94.0 Å². The average Bonchev–Trinajstić information content (AvgIpc) is 2.29. The zero-order chi connectivity index (χ0) is 10.7. The highest BCUT2D eigenvalue weighted by molar-refractivity contribution is 7.71. The van der Waals surface area contributed by atoms with Crippen molar-refractivity contribution in [3.63, 3.8) is 0 Å². The van der Waals surface area contributed by atoms with Gasteiger partial charge in [0.25, 0.3) is 0 Å². The van der Waals surface area contributed by atoms with Crippen LogP contribution in [0.3, 0.4) is 0 Å². The summed E-state index contributed by atoms with van der Waals surface area (Å²) in [6, 6.07) is 12.0. The second kappa shape index (κ2) is 4.36. The predicted molar refractivity (Wildman–Crippen MR) is 63.4 cm³/mol. The van der Waals surface area contributed by atoms with Gasteiger partial charge >= 0.3 is 0 Å². The second-order valence-electron chi connectivity index (χ2n) is 3.45. The van der Waals surface area contributed by atoms with Gasteiger partial charge in [-0.15, -0.1) is 0 Å². The number of benzene rings is 1. The third kappa shape index (κ3) is 2.30. The van der Waals surface area contributed by atoms with Crippen LogP contribution < -0.4 is 0 Å². The SMILES string of the molecule is CC(c1ccccc1)c1nccc(=S)[nH]1. The van der Waals surface area contributed by atoms with Crippen molar-refractivity contribution in [1.82, 2.24) is 9.97 Å². The lowest BCUT2D eigenvalue weighted by atomic mass is 10.0. The monoisotopic (exact) mass is 216 g/mol. The maximum absolute atomic E-state index is 5.07. The third-order valence-corrected chi connectivity index (χ3v) is 2.64. The zero-order valence-corrected chi connectivity index (χ0v) is 9.29. The standard InChI is InChI=1S/C12H12N2S/c1-9(10-5-3-2-4-6-10)12-13-8-7-11(15)14-12/h2-9H,1H3,(H,13,14,15). The highest BCUT2D eigenvalue weighted by Gasteiger charge is 2.08. The van der Waals surface area contributed by atoms with Crippen LogP contribution in [-0.4, -0.2) is 9.97 Å². The molecule has 0 amide bonds. The molecule has 1 N–H and O–H groups in total. The molecule has 3 heteroatoms. The number of aromatic nitrogens is 2. The first-order chi connectivity index (χ1) is 7.27. The van der Waals surface area contributed by atoms with Crippen molar-refractivity contribution >= 4 is 12.2 Å². The van der Waals surface area contributed by atoms with Crippen LogP contribution >= 0.6 is 12.2 Å². The van der Waals surface area contributed by atoms with Gasteiger partial charge in [-0.1, -0.05) is 49.5 Å². The van der Waals surface area contributed by atoms with E-state index in [0.717, 1.165) is 10.5 Å². The van der Waals surface area contributed by atoms with Crippen LogP contribution in [0.5, 0.6) is 0 Å². The van der Waals surface area contributed by atoms with Crippen LogP contribution in [-0.2, 0) is 0 Å². The molecule has 76 valence electrons. The average molecular weight is 216 g/mol. The second-order valence-corrected chi connectivity index (χ2v) is 3.89. The summed E-state index contributed by atoms with van der Waals surface area (Å²) in [6.07, 6.45) is 1.74. The molecule has 0 bridgehead atoms. The van der Waals surface area contributed by atoms with Gasteiger partial charge in [0.15, 0.2) is 0 Å². The molecule has 1 heterocycles. The topological polar surface area (TPSA) is 28.7 Å². The molecular weight excluding hydrogens is 204 g/mol. The molecule has 1 unspecified atom stereocenters. The molecule has 1 atom stereocenters. The first kappa shape index (κ1) is 10.1. The Hall–Kier alpha value is -1.48. The summed E-state index contributed by atoms with van der Waals surface area (Å²) in [5.41, 5.74) is 1.24. The summed E-state index contributed by atoms with van der Waals surface area (Å²) in [4.78, 5) is 7.40. The van der Waals surface area contributed by atoms with Crippen molar-refractivity contribution in [2.75, 3.05) is 0 Å². The predicted octanol–water partition coefficient (Wildman–Crippen LogP) is 3.29. The molecule has 0 spiro atoms. The van der Waals surface area contributed by atoms with E-state index in [-0.39, 0.29) is 5.92 Å². The van der Waals surface area contributed by atoms with Crippen LogP contribution in [0.15, 0.2) is 42.6 Å². The summed E-state index contributed by atoms with van der Waals surface area (Å²) in [7, 11) is 0. The van der Waals surface area contributed by atoms with Gasteiger partial charge in [-0.25, -0.2) is 4.98 Å². The van der Waals surface area contributed by atoms with Gasteiger partial charge in [-0.3, -0.25) is 0 Å². The highest BCUT2D eigenvalue weighted by atomic mass is 32.1. The molecule has 0 saturated heterocycles. The third-order valence-electron chi connectivity index (χ3n) is 2.40. The maximum atomic E-state index is 5.07. The van der Waals surface area contributed by atoms with Gasteiger partial charge in [-0.2, -0.15) is 0 Å². The molecule has 1 aromatic heterocycles. The number of nitrogens with zero attached hydrogens (tertiary/aromatic N) is 1. The molecule has 0 radical (unpaired) electrons. The van der Waals surface area contributed by atoms with E-state index in [9.17, 15) is 0 Å². The van der Waals surface area contributed by atoms with Crippen LogP contribution in [0.4, 0.5) is 0 Å². The Morgan fingerprint density at radius 1 is 1.20 bits per heavy atom. The van der Waals surface area contributed by atoms with Gasteiger partial charge < -0.3 is 4.98 Å². The fraction of sp³-hybridized carbons (Fsp3) is 0.167. The van der Waals surface area contributed by atoms with Crippen molar-refractivity contribution in [3.8, 4) is 0 Å². The highest BCUT2D eigenvalue weighted by Crippen LogP contribution is 2.19. The van der Waals surface area contributed by atoms with Crippen molar-refractivity contribution in [3.05, 3.63) is 58.6 Å². The minimum atomic E-state index is 0.245. The van der Waals surface area contributed by atoms with Gasteiger partial charge in [0.1, 0.15) is 10.5 Å². The van der Waals surface area contributed by atoms with Gasteiger partial charge in [0.2, 0.25) is 0 Å². The van der Waals surface area contributed by atoms with Crippen LogP contribution in [0.25, 0.3) is 0 Å². The lowest BCUT2D eigenvalue weighted by Gasteiger charge is -2.10. The Balaban J connectivity index is 2.37. The smallest absolute Gasteiger partial charge is 0.114 e. The molecule has 0 aliphatic heterocycles. The van der Waals surface area contributed by atoms with Crippen molar-refractivity contribution in [2.24, 2.45) is 0 Å². The van der Waals surface area contributed by atoms with Crippen molar-refractivity contribution in [1.29, 1.82) is 0 Å². The lowest BCUT2D eigenvalue weighted by Crippen LogP contribution is -2.01. The van der Waals surface area contributed by atoms with Gasteiger partial charge in [0.05, 0.1) is 0 Å². The number of rotatable bonds is 2. The van der Waals surface area contributed by atoms with Gasteiger partial charge in [-0.05, 0) is 11.6 Å². The van der Waals surface area contributed by atoms with Crippen LogP contribution in [0.2, 0.25) is 0 Å². The largest absolute Gasteiger partial charge is 0.334 e. The molecule has 2 rings (SSSR count). The minimum absolute atomic E-state index is 0.245. The Morgan fingerprint density at radius 3 is 2.60 bits per heavy atom. The number of hydrogen-bond donors (Lipinski definition) is 1. The summed E-state index contributed by atoms with van der Waals surface area (Å²) in [5, 5.41) is 0. The van der Waals surface area contributed by atoms with E-state index in [4.69, 9.17) is 12.2 Å². The molecular formula is C12H12N2S. The van der Waals surface area contributed by atoms with E-state index >= 15 is 0 Å². The molecule has 0 fully saturated rings. The molecule has 15 heavy (non-hydrogen) atoms. The normalized spacial score (nSPS) is 12.3. The van der Waals surface area contributed by atoms with E-state index in [2.05, 4.69) is 29.0 Å². The lowest BCUT2D eigenvalue weighted by molar-refractivity contribution is 0.812. The molecule has 0 aliphatic carbocycles. The van der Waals surface area contributed by atoms with E-state index in [0.29, 0.717) is 0 Å². The van der Waals surface area contributed by atoms with Crippen molar-refractivity contribution in [2.45, 2.75) is 12.8 Å². The fourth-order valence-electron chi connectivity index (χ4n) is 1.51. The van der Waals surface area contributed by atoms with E-state index in [1.54, 1.807) is 12.3 Å². The molecule has 0 aliphatic rings. The van der Waals surface area contributed by atoms with Gasteiger partial charge in [0, 0.05) is 12.1 Å². The van der Waals surface area contributed by atoms with E-state index in [1.165, 1.54) is 5.56 Å². The van der Waals surface area contributed by atoms with E-state index in [1.807, 2.05) is 18.2 Å². The number of hydrogen-bond acceptors (Lipinski definition) is 2. The number of nitrogens with one attached hydrogen (secondary N) is 1.